The summed E-state index contributed by atoms with van der Waals surface area (Å²) in [5.74, 6) is -0.149. The van der Waals surface area contributed by atoms with Gasteiger partial charge in [-0.15, -0.1) is 0 Å². The number of amides is 1. The van der Waals surface area contributed by atoms with Crippen molar-refractivity contribution in [3.63, 3.8) is 0 Å². The number of ether oxygens (including phenoxy) is 2. The highest BCUT2D eigenvalue weighted by Crippen LogP contribution is 2.23. The first-order valence-corrected chi connectivity index (χ1v) is 16.2. The molecule has 2 heterocycles. The average Bonchev–Trinajstić information content (AvgIpc) is 3.34. The summed E-state index contributed by atoms with van der Waals surface area (Å²) < 4.78 is 39.7. The maximum Gasteiger partial charge on any atom is 0.414 e. The van der Waals surface area contributed by atoms with Crippen LogP contribution < -0.4 is 4.90 Å². The zero-order valence-corrected chi connectivity index (χ0v) is 21.1. The van der Waals surface area contributed by atoms with E-state index in [9.17, 15) is 18.0 Å². The van der Waals surface area contributed by atoms with E-state index < -0.39 is 30.4 Å². The summed E-state index contributed by atoms with van der Waals surface area (Å²) in [5, 5.41) is 0. The molecule has 11 heteroatoms. The highest BCUT2D eigenvalue weighted by molar-refractivity contribution is 7.85. The molecule has 1 aliphatic rings. The quantitative estimate of drug-likeness (QED) is 0.204. The number of carbonyl (C=O) groups excluding carboxylic acids is 2. The molecule has 1 atom stereocenters. The molecule has 9 nitrogen and oxygen atoms in total. The number of benzene rings is 1. The summed E-state index contributed by atoms with van der Waals surface area (Å²) in [5.41, 5.74) is 1.54. The molecule has 2 aromatic rings. The number of carbonyl (C=O) groups is 2. The standard InChI is InChI=1S/C22H30N2O7SSi/c1-32(27,28)30-15-19-14-24(22(26)31-19)18-9-7-17(8-10-18)21(25)20-6-5-11-23(20)16-29-12-13-33(2,3)4/h5-11,19H,12-16H2,1-4H3/t19-/m1/s1. The van der Waals surface area contributed by atoms with Crippen LogP contribution in [0.3, 0.4) is 0 Å². The molecule has 1 saturated heterocycles. The van der Waals surface area contributed by atoms with Crippen LogP contribution in [0.2, 0.25) is 25.7 Å². The minimum absolute atomic E-state index is 0.149. The third-order valence-corrected chi connectivity index (χ3v) is 7.34. The number of ketones is 1. The number of hydrogen-bond acceptors (Lipinski definition) is 7. The normalized spacial score (nSPS) is 16.8. The van der Waals surface area contributed by atoms with E-state index in [1.807, 2.05) is 12.3 Å². The number of anilines is 1. The number of nitrogens with zero attached hydrogens (tertiary/aromatic N) is 2. The van der Waals surface area contributed by atoms with Crippen LogP contribution in [0.4, 0.5) is 10.5 Å². The Morgan fingerprint density at radius 3 is 2.52 bits per heavy atom. The highest BCUT2D eigenvalue weighted by atomic mass is 32.2. The van der Waals surface area contributed by atoms with Crippen LogP contribution in [0.15, 0.2) is 42.6 Å². The van der Waals surface area contributed by atoms with E-state index in [0.717, 1.165) is 12.3 Å². The van der Waals surface area contributed by atoms with E-state index >= 15 is 0 Å². The summed E-state index contributed by atoms with van der Waals surface area (Å²) in [4.78, 5) is 26.5. The van der Waals surface area contributed by atoms with Gasteiger partial charge in [-0.1, -0.05) is 19.6 Å². The van der Waals surface area contributed by atoms with Crippen LogP contribution in [-0.2, 0) is 30.5 Å². The predicted octanol–water partition coefficient (Wildman–Crippen LogP) is 3.33. The molecule has 0 radical (unpaired) electrons. The van der Waals surface area contributed by atoms with Gasteiger partial charge < -0.3 is 14.0 Å². The van der Waals surface area contributed by atoms with Crippen molar-refractivity contribution in [2.45, 2.75) is 38.5 Å². The van der Waals surface area contributed by atoms with Crippen molar-refractivity contribution in [1.82, 2.24) is 4.57 Å². The molecule has 0 aliphatic carbocycles. The number of cyclic esters (lactones) is 1. The molecule has 0 spiro atoms. The molecule has 1 amide bonds. The Bertz CT molecular complexity index is 1090. The Kier molecular flexibility index (Phi) is 7.78. The zero-order chi connectivity index (χ0) is 24.2. The van der Waals surface area contributed by atoms with Gasteiger partial charge >= 0.3 is 6.09 Å². The predicted molar refractivity (Wildman–Crippen MR) is 127 cm³/mol. The van der Waals surface area contributed by atoms with Gasteiger partial charge in [0.25, 0.3) is 10.1 Å². The lowest BCUT2D eigenvalue weighted by molar-refractivity contribution is 0.0819. The molecule has 1 aromatic carbocycles. The molecule has 180 valence electrons. The Hall–Kier alpha value is -2.47. The van der Waals surface area contributed by atoms with Crippen LogP contribution >= 0.6 is 0 Å². The molecule has 1 aromatic heterocycles. The van der Waals surface area contributed by atoms with E-state index in [1.165, 1.54) is 4.90 Å². The first-order valence-electron chi connectivity index (χ1n) is 10.6. The molecule has 0 saturated carbocycles. The molecular weight excluding hydrogens is 464 g/mol. The van der Waals surface area contributed by atoms with Gasteiger partial charge in [0.15, 0.2) is 0 Å². The van der Waals surface area contributed by atoms with Crippen LogP contribution in [0, 0.1) is 0 Å². The second kappa shape index (κ2) is 10.2. The van der Waals surface area contributed by atoms with Crippen LogP contribution in [0.5, 0.6) is 0 Å². The van der Waals surface area contributed by atoms with Gasteiger partial charge in [0, 0.05) is 32.1 Å². The zero-order valence-electron chi connectivity index (χ0n) is 19.3. The minimum Gasteiger partial charge on any atom is -0.441 e. The Morgan fingerprint density at radius 2 is 1.88 bits per heavy atom. The van der Waals surface area contributed by atoms with Crippen molar-refractivity contribution < 1.29 is 31.7 Å². The molecule has 0 bridgehead atoms. The SMILES string of the molecule is C[Si](C)(C)CCOCn1cccc1C(=O)c1ccc(N2C[C@H](COS(C)(=O)=O)OC2=O)cc1. The van der Waals surface area contributed by atoms with Crippen molar-refractivity contribution >= 4 is 35.8 Å². The van der Waals surface area contributed by atoms with Crippen molar-refractivity contribution in [3.05, 3.63) is 53.9 Å². The fourth-order valence-electron chi connectivity index (χ4n) is 3.23. The van der Waals surface area contributed by atoms with Crippen molar-refractivity contribution in [2.24, 2.45) is 0 Å². The van der Waals surface area contributed by atoms with Gasteiger partial charge in [0.1, 0.15) is 19.4 Å². The van der Waals surface area contributed by atoms with E-state index in [0.29, 0.717) is 30.3 Å². The van der Waals surface area contributed by atoms with Gasteiger partial charge in [-0.2, -0.15) is 8.42 Å². The van der Waals surface area contributed by atoms with Gasteiger partial charge in [-0.25, -0.2) is 4.79 Å². The van der Waals surface area contributed by atoms with E-state index in [4.69, 9.17) is 13.7 Å². The third-order valence-electron chi connectivity index (χ3n) is 5.07. The lowest BCUT2D eigenvalue weighted by Crippen LogP contribution is -2.26. The topological polar surface area (TPSA) is 104 Å². The maximum absolute atomic E-state index is 13.0. The molecule has 3 rings (SSSR count). The van der Waals surface area contributed by atoms with Crippen LogP contribution in [-0.4, -0.2) is 65.1 Å². The van der Waals surface area contributed by atoms with Crippen molar-refractivity contribution in [2.75, 3.05) is 30.9 Å². The van der Waals surface area contributed by atoms with Crippen molar-refractivity contribution in [3.8, 4) is 0 Å². The maximum atomic E-state index is 13.0. The molecule has 33 heavy (non-hydrogen) atoms. The first kappa shape index (κ1) is 25.2. The molecule has 0 unspecified atom stereocenters. The third kappa shape index (κ3) is 7.26. The smallest absolute Gasteiger partial charge is 0.414 e. The van der Waals surface area contributed by atoms with E-state index in [1.54, 1.807) is 34.9 Å². The lowest BCUT2D eigenvalue weighted by Gasteiger charge is -2.16. The number of hydrogen-bond donors (Lipinski definition) is 0. The summed E-state index contributed by atoms with van der Waals surface area (Å²) in [6.45, 7) is 7.75. The second-order valence-electron chi connectivity index (χ2n) is 9.19. The van der Waals surface area contributed by atoms with Crippen molar-refractivity contribution in [1.29, 1.82) is 0 Å². The largest absolute Gasteiger partial charge is 0.441 e. The molecular formula is C22H30N2O7SSi. The molecule has 1 aliphatic heterocycles. The van der Waals surface area contributed by atoms with Gasteiger partial charge in [-0.3, -0.25) is 13.9 Å². The van der Waals surface area contributed by atoms with Gasteiger partial charge in [0.2, 0.25) is 5.78 Å². The summed E-state index contributed by atoms with van der Waals surface area (Å²) in [6, 6.07) is 11.2. The van der Waals surface area contributed by atoms with E-state index in [-0.39, 0.29) is 18.9 Å². The molecule has 1 fully saturated rings. The van der Waals surface area contributed by atoms with Gasteiger partial charge in [0.05, 0.1) is 18.5 Å². The molecule has 0 N–H and O–H groups in total. The summed E-state index contributed by atoms with van der Waals surface area (Å²) >= 11 is 0. The Labute approximate surface area is 195 Å². The van der Waals surface area contributed by atoms with Crippen LogP contribution in [0.1, 0.15) is 16.1 Å². The average molecular weight is 495 g/mol. The number of rotatable bonds is 11. The number of aromatic nitrogens is 1. The second-order valence-corrected chi connectivity index (χ2v) is 16.5. The lowest BCUT2D eigenvalue weighted by atomic mass is 10.1. The highest BCUT2D eigenvalue weighted by Gasteiger charge is 2.33. The fourth-order valence-corrected chi connectivity index (χ4v) is 4.39. The summed E-state index contributed by atoms with van der Waals surface area (Å²) in [6.07, 6.45) is 1.46. The van der Waals surface area contributed by atoms with Crippen LogP contribution in [0.25, 0.3) is 0 Å². The monoisotopic (exact) mass is 494 g/mol. The summed E-state index contributed by atoms with van der Waals surface area (Å²) in [7, 11) is -4.80. The van der Waals surface area contributed by atoms with Gasteiger partial charge in [-0.05, 0) is 42.4 Å². The Morgan fingerprint density at radius 1 is 1.18 bits per heavy atom. The minimum atomic E-state index is -3.62. The Balaban J connectivity index is 1.61. The first-order chi connectivity index (χ1) is 15.4. The van der Waals surface area contributed by atoms with E-state index in [2.05, 4.69) is 19.6 Å². The fraction of sp³-hybridized carbons (Fsp3) is 0.455.